The minimum atomic E-state index is -3.54. The molecule has 0 aromatic heterocycles. The van der Waals surface area contributed by atoms with E-state index in [9.17, 15) is 13.2 Å². The van der Waals surface area contributed by atoms with Crippen LogP contribution in [0.25, 0.3) is 0 Å². The second kappa shape index (κ2) is 9.00. The number of ether oxygens (including phenoxy) is 1. The van der Waals surface area contributed by atoms with Crippen LogP contribution >= 0.6 is 0 Å². The van der Waals surface area contributed by atoms with Crippen LogP contribution in [-0.2, 0) is 14.8 Å². The van der Waals surface area contributed by atoms with Crippen molar-refractivity contribution in [2.75, 3.05) is 40.4 Å². The molecular formula is C16H26N2O4S. The van der Waals surface area contributed by atoms with Gasteiger partial charge >= 0.3 is 0 Å². The molecule has 1 aromatic carbocycles. The zero-order chi connectivity index (χ0) is 17.5. The summed E-state index contributed by atoms with van der Waals surface area (Å²) in [7, 11) is -0.415. The van der Waals surface area contributed by atoms with Crippen LogP contribution in [0, 0.1) is 0 Å². The fourth-order valence-corrected chi connectivity index (χ4v) is 3.40. The van der Waals surface area contributed by atoms with Crippen molar-refractivity contribution < 1.29 is 17.9 Å². The topological polar surface area (TPSA) is 66.9 Å². The number of amides is 1. The van der Waals surface area contributed by atoms with Gasteiger partial charge in [0.25, 0.3) is 5.91 Å². The maximum atomic E-state index is 12.4. The van der Waals surface area contributed by atoms with Crippen LogP contribution in [0.5, 0.6) is 0 Å². The molecule has 1 aromatic rings. The Hall–Kier alpha value is -1.44. The van der Waals surface area contributed by atoms with Crippen molar-refractivity contribution >= 4 is 15.9 Å². The van der Waals surface area contributed by atoms with Crippen LogP contribution in [0.4, 0.5) is 0 Å². The third-order valence-corrected chi connectivity index (χ3v) is 5.55. The van der Waals surface area contributed by atoms with Crippen LogP contribution in [0.15, 0.2) is 29.2 Å². The summed E-state index contributed by atoms with van der Waals surface area (Å²) in [5, 5.41) is 0. The summed E-state index contributed by atoms with van der Waals surface area (Å²) >= 11 is 0. The van der Waals surface area contributed by atoms with Crippen molar-refractivity contribution in [3.05, 3.63) is 29.8 Å². The number of sulfonamides is 1. The Morgan fingerprint density at radius 2 is 1.70 bits per heavy atom. The third kappa shape index (κ3) is 5.02. The molecule has 0 heterocycles. The zero-order valence-electron chi connectivity index (χ0n) is 14.3. The minimum Gasteiger partial charge on any atom is -0.385 e. The van der Waals surface area contributed by atoms with Gasteiger partial charge in [0.1, 0.15) is 0 Å². The molecule has 130 valence electrons. The maximum absolute atomic E-state index is 12.4. The van der Waals surface area contributed by atoms with E-state index in [0.29, 0.717) is 38.2 Å². The van der Waals surface area contributed by atoms with Gasteiger partial charge < -0.3 is 9.64 Å². The molecule has 0 N–H and O–H groups in total. The van der Waals surface area contributed by atoms with Gasteiger partial charge in [-0.1, -0.05) is 0 Å². The fourth-order valence-electron chi connectivity index (χ4n) is 2.19. The quantitative estimate of drug-likeness (QED) is 0.642. The first-order valence-corrected chi connectivity index (χ1v) is 9.17. The molecule has 1 rings (SSSR count). The van der Waals surface area contributed by atoms with E-state index in [2.05, 4.69) is 0 Å². The molecule has 7 heteroatoms. The van der Waals surface area contributed by atoms with Crippen LogP contribution < -0.4 is 0 Å². The summed E-state index contributed by atoms with van der Waals surface area (Å²) in [4.78, 5) is 14.1. The highest BCUT2D eigenvalue weighted by molar-refractivity contribution is 7.89. The van der Waals surface area contributed by atoms with E-state index < -0.39 is 10.0 Å². The number of hydrogen-bond acceptors (Lipinski definition) is 4. The highest BCUT2D eigenvalue weighted by Gasteiger charge is 2.21. The van der Waals surface area contributed by atoms with Gasteiger partial charge in [0.05, 0.1) is 4.90 Å². The summed E-state index contributed by atoms with van der Waals surface area (Å²) in [6.45, 7) is 5.97. The smallest absolute Gasteiger partial charge is 0.253 e. The molecule has 0 aliphatic heterocycles. The molecule has 0 radical (unpaired) electrons. The lowest BCUT2D eigenvalue weighted by Crippen LogP contribution is -2.31. The van der Waals surface area contributed by atoms with Crippen molar-refractivity contribution in [1.29, 1.82) is 0 Å². The molecule has 1 amide bonds. The standard InChI is InChI=1S/C16H26N2O4S/c1-5-18(6-2)16(19)14-8-10-15(11-9-14)23(20,21)17(3)12-7-13-22-4/h8-11H,5-7,12-13H2,1-4H3. The summed E-state index contributed by atoms with van der Waals surface area (Å²) in [6, 6.07) is 6.10. The summed E-state index contributed by atoms with van der Waals surface area (Å²) in [5.74, 6) is -0.0904. The number of methoxy groups -OCH3 is 1. The predicted octanol–water partition coefficient (Wildman–Crippen LogP) is 1.83. The molecular weight excluding hydrogens is 316 g/mol. The maximum Gasteiger partial charge on any atom is 0.253 e. The molecule has 0 aliphatic rings. The van der Waals surface area contributed by atoms with E-state index in [4.69, 9.17) is 4.74 Å². The Bertz CT molecular complexity index is 595. The summed E-state index contributed by atoms with van der Waals surface area (Å²) in [5.41, 5.74) is 0.495. The molecule has 0 aliphatic carbocycles. The Labute approximate surface area is 139 Å². The van der Waals surface area contributed by atoms with Gasteiger partial charge in [0, 0.05) is 46.0 Å². The molecule has 0 saturated heterocycles. The lowest BCUT2D eigenvalue weighted by Gasteiger charge is -2.19. The van der Waals surface area contributed by atoms with Crippen LogP contribution in [0.3, 0.4) is 0 Å². The van der Waals surface area contributed by atoms with Crippen molar-refractivity contribution in [2.24, 2.45) is 0 Å². The number of benzene rings is 1. The van der Waals surface area contributed by atoms with Crippen molar-refractivity contribution in [2.45, 2.75) is 25.2 Å². The average Bonchev–Trinajstić information content (AvgIpc) is 2.56. The molecule has 0 saturated carbocycles. The first kappa shape index (κ1) is 19.6. The predicted molar refractivity (Wildman–Crippen MR) is 90.0 cm³/mol. The fraction of sp³-hybridized carbons (Fsp3) is 0.562. The zero-order valence-corrected chi connectivity index (χ0v) is 15.1. The first-order valence-electron chi connectivity index (χ1n) is 7.73. The number of nitrogens with zero attached hydrogens (tertiary/aromatic N) is 2. The number of carbonyl (C=O) groups is 1. The van der Waals surface area contributed by atoms with Crippen LogP contribution in [-0.4, -0.2) is 63.9 Å². The third-order valence-electron chi connectivity index (χ3n) is 3.68. The highest BCUT2D eigenvalue weighted by Crippen LogP contribution is 2.16. The average molecular weight is 342 g/mol. The van der Waals surface area contributed by atoms with Gasteiger partial charge in [-0.25, -0.2) is 12.7 Å². The Kier molecular flexibility index (Phi) is 7.67. The monoisotopic (exact) mass is 342 g/mol. The Morgan fingerprint density at radius 3 is 2.17 bits per heavy atom. The molecule has 0 bridgehead atoms. The van der Waals surface area contributed by atoms with E-state index in [1.54, 1.807) is 31.2 Å². The first-order chi connectivity index (χ1) is 10.9. The second-order valence-electron chi connectivity index (χ2n) is 5.17. The van der Waals surface area contributed by atoms with Crippen molar-refractivity contribution in [3.8, 4) is 0 Å². The van der Waals surface area contributed by atoms with Gasteiger partial charge in [-0.05, 0) is 44.5 Å². The lowest BCUT2D eigenvalue weighted by atomic mass is 10.2. The van der Waals surface area contributed by atoms with Gasteiger partial charge in [0.2, 0.25) is 10.0 Å². The van der Waals surface area contributed by atoms with Crippen LogP contribution in [0.1, 0.15) is 30.6 Å². The van der Waals surface area contributed by atoms with Gasteiger partial charge in [-0.2, -0.15) is 0 Å². The van der Waals surface area contributed by atoms with Gasteiger partial charge in [0.15, 0.2) is 0 Å². The van der Waals surface area contributed by atoms with Crippen molar-refractivity contribution in [3.63, 3.8) is 0 Å². The summed E-state index contributed by atoms with van der Waals surface area (Å²) in [6.07, 6.45) is 0.630. The SMILES string of the molecule is CCN(CC)C(=O)c1ccc(S(=O)(=O)N(C)CCCOC)cc1. The normalized spacial score (nSPS) is 11.7. The number of hydrogen-bond donors (Lipinski definition) is 0. The molecule has 0 fully saturated rings. The molecule has 0 unspecified atom stereocenters. The van der Waals surface area contributed by atoms with E-state index in [1.165, 1.54) is 16.4 Å². The van der Waals surface area contributed by atoms with E-state index in [1.807, 2.05) is 13.8 Å². The molecule has 23 heavy (non-hydrogen) atoms. The molecule has 0 spiro atoms. The second-order valence-corrected chi connectivity index (χ2v) is 7.22. The van der Waals surface area contributed by atoms with E-state index in [-0.39, 0.29) is 10.8 Å². The Morgan fingerprint density at radius 1 is 1.13 bits per heavy atom. The van der Waals surface area contributed by atoms with Crippen molar-refractivity contribution in [1.82, 2.24) is 9.21 Å². The number of carbonyl (C=O) groups excluding carboxylic acids is 1. The Balaban J connectivity index is 2.88. The van der Waals surface area contributed by atoms with Gasteiger partial charge in [-0.15, -0.1) is 0 Å². The lowest BCUT2D eigenvalue weighted by molar-refractivity contribution is 0.0773. The minimum absolute atomic E-state index is 0.0904. The van der Waals surface area contributed by atoms with E-state index in [0.717, 1.165) is 0 Å². The van der Waals surface area contributed by atoms with Gasteiger partial charge in [-0.3, -0.25) is 4.79 Å². The largest absolute Gasteiger partial charge is 0.385 e. The summed E-state index contributed by atoms with van der Waals surface area (Å²) < 4.78 is 31.1. The number of rotatable bonds is 9. The van der Waals surface area contributed by atoms with Crippen LogP contribution in [0.2, 0.25) is 0 Å². The highest BCUT2D eigenvalue weighted by atomic mass is 32.2. The molecule has 6 nitrogen and oxygen atoms in total. The molecule has 0 atom stereocenters. The van der Waals surface area contributed by atoms with E-state index >= 15 is 0 Å².